The van der Waals surface area contributed by atoms with Crippen LogP contribution >= 0.6 is 11.3 Å². The summed E-state index contributed by atoms with van der Waals surface area (Å²) in [6.07, 6.45) is 5.36. The van der Waals surface area contributed by atoms with Crippen LogP contribution in [0.1, 0.15) is 19.3 Å². The molecule has 3 rings (SSSR count). The molecule has 1 saturated carbocycles. The molecule has 2 aromatic heterocycles. The van der Waals surface area contributed by atoms with Gasteiger partial charge in [-0.1, -0.05) is 0 Å². The van der Waals surface area contributed by atoms with E-state index in [0.717, 1.165) is 35.3 Å². The Balaban J connectivity index is 1.79. The lowest BCUT2D eigenvalue weighted by atomic mass is 10.2. The molecule has 2 unspecified atom stereocenters. The molecule has 0 radical (unpaired) electrons. The molecule has 0 saturated heterocycles. The van der Waals surface area contributed by atoms with Gasteiger partial charge in [-0.05, 0) is 30.7 Å². The summed E-state index contributed by atoms with van der Waals surface area (Å²) >= 11 is 1.69. The third-order valence-corrected chi connectivity index (χ3v) is 4.21. The minimum atomic E-state index is 0.396. The predicted molar refractivity (Wildman–Crippen MR) is 69.5 cm³/mol. The first kappa shape index (κ1) is 10.9. The molecule has 0 amide bonds. The molecule has 2 aromatic rings. The molecule has 1 aliphatic rings. The van der Waals surface area contributed by atoms with Crippen molar-refractivity contribution < 1.29 is 4.74 Å². The summed E-state index contributed by atoms with van der Waals surface area (Å²) in [5.41, 5.74) is 1.02. The number of nitrogens with zero attached hydrogens (tertiary/aromatic N) is 2. The second-order valence-corrected chi connectivity index (χ2v) is 5.29. The van der Waals surface area contributed by atoms with Crippen LogP contribution in [-0.2, 0) is 4.74 Å². The molecule has 1 fully saturated rings. The van der Waals surface area contributed by atoms with E-state index in [0.29, 0.717) is 12.1 Å². The highest BCUT2D eigenvalue weighted by molar-refractivity contribution is 7.17. The molecule has 0 spiro atoms. The maximum Gasteiger partial charge on any atom is 0.147 e. The van der Waals surface area contributed by atoms with Crippen molar-refractivity contribution >= 4 is 27.4 Å². The first-order valence-corrected chi connectivity index (χ1v) is 6.72. The molecule has 90 valence electrons. The van der Waals surface area contributed by atoms with E-state index in [1.165, 1.54) is 0 Å². The standard InChI is InChI=1S/C12H15N3OS/c1-16-9-3-2-8(6-9)15-12-11-10(4-5-17-11)13-7-14-12/h4-5,7-9H,2-3,6H2,1H3,(H,13,14,15). The summed E-state index contributed by atoms with van der Waals surface area (Å²) in [7, 11) is 1.79. The molecule has 1 N–H and O–H groups in total. The van der Waals surface area contributed by atoms with Crippen LogP contribution in [-0.4, -0.2) is 29.2 Å². The van der Waals surface area contributed by atoms with E-state index >= 15 is 0 Å². The summed E-state index contributed by atoms with van der Waals surface area (Å²) in [6.45, 7) is 0. The number of aromatic nitrogens is 2. The van der Waals surface area contributed by atoms with E-state index in [9.17, 15) is 0 Å². The molecular formula is C12H15N3OS. The molecule has 2 heterocycles. The van der Waals surface area contributed by atoms with E-state index in [2.05, 4.69) is 20.7 Å². The summed E-state index contributed by atoms with van der Waals surface area (Å²) in [6, 6.07) is 2.50. The van der Waals surface area contributed by atoms with Crippen LogP contribution in [0.25, 0.3) is 10.2 Å². The van der Waals surface area contributed by atoms with Gasteiger partial charge in [0.25, 0.3) is 0 Å². The fraction of sp³-hybridized carbons (Fsp3) is 0.500. The topological polar surface area (TPSA) is 47.0 Å². The molecule has 0 aromatic carbocycles. The third-order valence-electron chi connectivity index (χ3n) is 3.30. The van der Waals surface area contributed by atoms with E-state index < -0.39 is 0 Å². The zero-order valence-electron chi connectivity index (χ0n) is 9.72. The zero-order chi connectivity index (χ0) is 11.7. The molecule has 4 nitrogen and oxygen atoms in total. The SMILES string of the molecule is COC1CCC(Nc2ncnc3ccsc23)C1. The monoisotopic (exact) mass is 249 g/mol. The molecule has 1 aliphatic carbocycles. The normalized spacial score (nSPS) is 24.3. The van der Waals surface area contributed by atoms with E-state index in [1.807, 2.05) is 6.07 Å². The molecule has 0 bridgehead atoms. The van der Waals surface area contributed by atoms with Gasteiger partial charge in [0.2, 0.25) is 0 Å². The average molecular weight is 249 g/mol. The lowest BCUT2D eigenvalue weighted by Gasteiger charge is -2.13. The van der Waals surface area contributed by atoms with Gasteiger partial charge >= 0.3 is 0 Å². The number of ether oxygens (including phenoxy) is 1. The maximum absolute atomic E-state index is 5.38. The van der Waals surface area contributed by atoms with Crippen LogP contribution in [0, 0.1) is 0 Å². The lowest BCUT2D eigenvalue weighted by Crippen LogP contribution is -2.18. The van der Waals surface area contributed by atoms with E-state index in [-0.39, 0.29) is 0 Å². The van der Waals surface area contributed by atoms with Crippen LogP contribution in [0.2, 0.25) is 0 Å². The lowest BCUT2D eigenvalue weighted by molar-refractivity contribution is 0.108. The van der Waals surface area contributed by atoms with Crippen molar-refractivity contribution in [3.8, 4) is 0 Å². The molecule has 17 heavy (non-hydrogen) atoms. The van der Waals surface area contributed by atoms with Crippen molar-refractivity contribution in [3.05, 3.63) is 17.8 Å². The Hall–Kier alpha value is -1.20. The number of methoxy groups -OCH3 is 1. The largest absolute Gasteiger partial charge is 0.381 e. The highest BCUT2D eigenvalue weighted by Gasteiger charge is 2.25. The minimum Gasteiger partial charge on any atom is -0.381 e. The van der Waals surface area contributed by atoms with Gasteiger partial charge in [-0.25, -0.2) is 9.97 Å². The Morgan fingerprint density at radius 1 is 1.41 bits per heavy atom. The number of fused-ring (bicyclic) bond motifs is 1. The number of thiophene rings is 1. The Bertz CT molecular complexity index is 513. The second-order valence-electron chi connectivity index (χ2n) is 4.37. The zero-order valence-corrected chi connectivity index (χ0v) is 10.5. The number of anilines is 1. The first-order valence-electron chi connectivity index (χ1n) is 5.84. The number of hydrogen-bond donors (Lipinski definition) is 1. The summed E-state index contributed by atoms with van der Waals surface area (Å²) in [5.74, 6) is 0.965. The smallest absolute Gasteiger partial charge is 0.147 e. The minimum absolute atomic E-state index is 0.396. The van der Waals surface area contributed by atoms with Gasteiger partial charge < -0.3 is 10.1 Å². The summed E-state index contributed by atoms with van der Waals surface area (Å²) in [4.78, 5) is 8.58. The van der Waals surface area contributed by atoms with Crippen molar-refractivity contribution in [2.24, 2.45) is 0 Å². The van der Waals surface area contributed by atoms with Crippen molar-refractivity contribution in [2.75, 3.05) is 12.4 Å². The van der Waals surface area contributed by atoms with E-state index in [4.69, 9.17) is 4.74 Å². The highest BCUT2D eigenvalue weighted by Crippen LogP contribution is 2.29. The quantitative estimate of drug-likeness (QED) is 0.908. The molecule has 0 aliphatic heterocycles. The highest BCUT2D eigenvalue weighted by atomic mass is 32.1. The molecular weight excluding hydrogens is 234 g/mol. The maximum atomic E-state index is 5.38. The Labute approximate surface area is 104 Å². The predicted octanol–water partition coefficient (Wildman–Crippen LogP) is 2.67. The van der Waals surface area contributed by atoms with Gasteiger partial charge in [-0.15, -0.1) is 11.3 Å². The number of hydrogen-bond acceptors (Lipinski definition) is 5. The number of nitrogens with one attached hydrogen (secondary N) is 1. The molecule has 5 heteroatoms. The van der Waals surface area contributed by atoms with Crippen LogP contribution in [0.3, 0.4) is 0 Å². The van der Waals surface area contributed by atoms with Gasteiger partial charge in [0.15, 0.2) is 0 Å². The Morgan fingerprint density at radius 3 is 3.18 bits per heavy atom. The van der Waals surface area contributed by atoms with Gasteiger partial charge in [0.05, 0.1) is 16.3 Å². The second kappa shape index (κ2) is 4.58. The Kier molecular flexibility index (Phi) is 2.94. The van der Waals surface area contributed by atoms with Gasteiger partial charge in [-0.3, -0.25) is 0 Å². The van der Waals surface area contributed by atoms with Crippen molar-refractivity contribution in [2.45, 2.75) is 31.4 Å². The van der Waals surface area contributed by atoms with Crippen LogP contribution in [0.4, 0.5) is 5.82 Å². The van der Waals surface area contributed by atoms with Gasteiger partial charge in [-0.2, -0.15) is 0 Å². The summed E-state index contributed by atoms with van der Waals surface area (Å²) < 4.78 is 6.53. The van der Waals surface area contributed by atoms with Crippen LogP contribution in [0.5, 0.6) is 0 Å². The first-order chi connectivity index (χ1) is 8.36. The third kappa shape index (κ3) is 2.12. The fourth-order valence-electron chi connectivity index (χ4n) is 2.37. The fourth-order valence-corrected chi connectivity index (χ4v) is 3.17. The van der Waals surface area contributed by atoms with Crippen molar-refractivity contribution in [3.63, 3.8) is 0 Å². The van der Waals surface area contributed by atoms with Gasteiger partial charge in [0, 0.05) is 13.2 Å². The average Bonchev–Trinajstić information content (AvgIpc) is 2.97. The van der Waals surface area contributed by atoms with E-state index in [1.54, 1.807) is 24.8 Å². The van der Waals surface area contributed by atoms with Crippen LogP contribution < -0.4 is 5.32 Å². The van der Waals surface area contributed by atoms with Crippen molar-refractivity contribution in [1.82, 2.24) is 9.97 Å². The Morgan fingerprint density at radius 2 is 2.35 bits per heavy atom. The van der Waals surface area contributed by atoms with Crippen LogP contribution in [0.15, 0.2) is 17.8 Å². The van der Waals surface area contributed by atoms with Gasteiger partial charge in [0.1, 0.15) is 12.1 Å². The molecule has 2 atom stereocenters. The van der Waals surface area contributed by atoms with Crippen molar-refractivity contribution in [1.29, 1.82) is 0 Å². The summed E-state index contributed by atoms with van der Waals surface area (Å²) in [5, 5.41) is 5.57. The number of rotatable bonds is 3.